The summed E-state index contributed by atoms with van der Waals surface area (Å²) in [6.45, 7) is 3.13. The highest BCUT2D eigenvalue weighted by Gasteiger charge is 2.33. The number of hydrogen-bond donors (Lipinski definition) is 0. The molecule has 1 saturated heterocycles. The summed E-state index contributed by atoms with van der Waals surface area (Å²) < 4.78 is 60.0. The van der Waals surface area contributed by atoms with Crippen molar-refractivity contribution >= 4 is 32.6 Å². The van der Waals surface area contributed by atoms with Crippen LogP contribution in [0, 0.1) is 11.6 Å². The lowest BCUT2D eigenvalue weighted by atomic mass is 10.1. The Morgan fingerprint density at radius 2 is 1.69 bits per heavy atom. The minimum Gasteiger partial charge on any atom is -0.423 e. The van der Waals surface area contributed by atoms with Crippen molar-refractivity contribution in [2.75, 3.05) is 26.2 Å². The van der Waals surface area contributed by atoms with Crippen molar-refractivity contribution in [2.24, 2.45) is 0 Å². The Hall–Kier alpha value is -2.33. The van der Waals surface area contributed by atoms with Crippen LogP contribution in [-0.4, -0.2) is 43.8 Å². The quantitative estimate of drug-likeness (QED) is 0.517. The molecule has 3 aromatic rings. The predicted molar refractivity (Wildman–Crippen MR) is 117 cm³/mol. The number of rotatable bonds is 5. The number of halogens is 3. The van der Waals surface area contributed by atoms with Crippen molar-refractivity contribution in [1.29, 1.82) is 0 Å². The molecule has 6 nitrogen and oxygen atoms in total. The first-order valence-corrected chi connectivity index (χ1v) is 11.9. The van der Waals surface area contributed by atoms with E-state index < -0.39 is 32.2 Å². The van der Waals surface area contributed by atoms with Gasteiger partial charge in [-0.15, -0.1) is 0 Å². The van der Waals surface area contributed by atoms with Crippen molar-refractivity contribution in [3.8, 4) is 0 Å². The zero-order valence-corrected chi connectivity index (χ0v) is 18.8. The van der Waals surface area contributed by atoms with E-state index >= 15 is 0 Å². The number of nitrogens with zero attached hydrogens (tertiary/aromatic N) is 2. The molecule has 0 saturated carbocycles. The van der Waals surface area contributed by atoms with Gasteiger partial charge < -0.3 is 4.42 Å². The van der Waals surface area contributed by atoms with E-state index in [4.69, 9.17) is 16.0 Å². The van der Waals surface area contributed by atoms with Crippen LogP contribution in [0.4, 0.5) is 8.78 Å². The third-order valence-corrected chi connectivity index (χ3v) is 7.92. The number of piperazine rings is 1. The van der Waals surface area contributed by atoms with Gasteiger partial charge in [0.25, 0.3) is 0 Å². The van der Waals surface area contributed by atoms with E-state index in [1.54, 1.807) is 12.1 Å². The first-order valence-electron chi connectivity index (χ1n) is 10.1. The second kappa shape index (κ2) is 8.90. The molecule has 0 unspecified atom stereocenters. The zero-order valence-electron chi connectivity index (χ0n) is 17.3. The maximum atomic E-state index is 14.0. The Morgan fingerprint density at radius 3 is 2.31 bits per heavy atom. The van der Waals surface area contributed by atoms with Gasteiger partial charge in [-0.1, -0.05) is 24.6 Å². The molecule has 0 spiro atoms. The van der Waals surface area contributed by atoms with Gasteiger partial charge in [-0.05, 0) is 41.8 Å². The van der Waals surface area contributed by atoms with E-state index in [1.807, 2.05) is 11.8 Å². The average molecular weight is 483 g/mol. The Labute approximate surface area is 189 Å². The van der Waals surface area contributed by atoms with Crippen LogP contribution in [0.3, 0.4) is 0 Å². The van der Waals surface area contributed by atoms with Gasteiger partial charge in [0.15, 0.2) is 4.90 Å². The van der Waals surface area contributed by atoms with Crippen LogP contribution in [0.25, 0.3) is 11.0 Å². The van der Waals surface area contributed by atoms with Crippen molar-refractivity contribution in [2.45, 2.75) is 24.8 Å². The lowest BCUT2D eigenvalue weighted by Crippen LogP contribution is -2.48. The Morgan fingerprint density at radius 1 is 1.03 bits per heavy atom. The molecule has 0 atom stereocenters. The number of benzene rings is 2. The van der Waals surface area contributed by atoms with Gasteiger partial charge in [-0.25, -0.2) is 22.0 Å². The van der Waals surface area contributed by atoms with Crippen LogP contribution < -0.4 is 5.63 Å². The van der Waals surface area contributed by atoms with Gasteiger partial charge in [-0.3, -0.25) is 4.90 Å². The second-order valence-electron chi connectivity index (χ2n) is 7.62. The molecule has 1 aliphatic heterocycles. The summed E-state index contributed by atoms with van der Waals surface area (Å²) in [5.74, 6) is -2.23. The summed E-state index contributed by atoms with van der Waals surface area (Å²) in [5.41, 5.74) is 1.56. The molecular formula is C22H21ClF2N2O4S. The first kappa shape index (κ1) is 22.8. The van der Waals surface area contributed by atoms with Crippen LogP contribution in [0.2, 0.25) is 5.02 Å². The molecule has 0 amide bonds. The average Bonchev–Trinajstić information content (AvgIpc) is 2.74. The molecule has 0 N–H and O–H groups in total. The number of sulfonamides is 1. The molecule has 2 aromatic carbocycles. The normalized spacial score (nSPS) is 16.0. The summed E-state index contributed by atoms with van der Waals surface area (Å²) in [6.07, 6.45) is 0.696. The van der Waals surface area contributed by atoms with Crippen LogP contribution in [0.15, 0.2) is 50.5 Å². The molecule has 10 heteroatoms. The third kappa shape index (κ3) is 4.30. The van der Waals surface area contributed by atoms with E-state index in [0.717, 1.165) is 39.0 Å². The van der Waals surface area contributed by atoms with E-state index in [0.29, 0.717) is 36.7 Å². The molecule has 1 aliphatic rings. The fourth-order valence-corrected chi connectivity index (χ4v) is 5.75. The maximum absolute atomic E-state index is 14.0. The minimum atomic E-state index is -4.30. The standard InChI is InChI=1S/C22H21ClF2N2O4S/c1-2-14-10-20-16(12-17(14)23)15(11-21(28)31-20)13-26-6-8-27(9-7-26)32(29,30)22-18(24)4-3-5-19(22)25/h3-5,10-12H,2,6-9,13H2,1H3. The van der Waals surface area contributed by atoms with Gasteiger partial charge in [0.05, 0.1) is 0 Å². The van der Waals surface area contributed by atoms with Gasteiger partial charge >= 0.3 is 5.63 Å². The number of aryl methyl sites for hydroxylation is 1. The van der Waals surface area contributed by atoms with Gasteiger partial charge in [0.2, 0.25) is 10.0 Å². The SMILES string of the molecule is CCc1cc2oc(=O)cc(CN3CCN(S(=O)(=O)c4c(F)cccc4F)CC3)c2cc1Cl. The van der Waals surface area contributed by atoms with E-state index in [2.05, 4.69) is 0 Å². The largest absolute Gasteiger partial charge is 0.423 e. The van der Waals surface area contributed by atoms with Crippen LogP contribution in [0.5, 0.6) is 0 Å². The molecule has 170 valence electrons. The Kier molecular flexibility index (Phi) is 6.35. The van der Waals surface area contributed by atoms with Crippen molar-refractivity contribution in [3.63, 3.8) is 0 Å². The molecule has 1 aromatic heterocycles. The molecular weight excluding hydrogens is 462 g/mol. The monoisotopic (exact) mass is 482 g/mol. The summed E-state index contributed by atoms with van der Waals surface area (Å²) in [5, 5.41) is 1.30. The number of hydrogen-bond acceptors (Lipinski definition) is 5. The van der Waals surface area contributed by atoms with Crippen molar-refractivity contribution in [3.05, 3.63) is 74.6 Å². The lowest BCUT2D eigenvalue weighted by Gasteiger charge is -2.34. The Bertz CT molecular complexity index is 1320. The highest BCUT2D eigenvalue weighted by atomic mass is 35.5. The second-order valence-corrected chi connectivity index (χ2v) is 9.90. The Balaban J connectivity index is 1.54. The lowest BCUT2D eigenvalue weighted by molar-refractivity contribution is 0.181. The van der Waals surface area contributed by atoms with Crippen LogP contribution in [0.1, 0.15) is 18.1 Å². The summed E-state index contributed by atoms with van der Waals surface area (Å²) in [7, 11) is -4.30. The molecule has 32 heavy (non-hydrogen) atoms. The number of fused-ring (bicyclic) bond motifs is 1. The van der Waals surface area contributed by atoms with E-state index in [-0.39, 0.29) is 13.1 Å². The fourth-order valence-electron chi connectivity index (χ4n) is 3.92. The molecule has 4 rings (SSSR count). The fraction of sp³-hybridized carbons (Fsp3) is 0.318. The smallest absolute Gasteiger partial charge is 0.336 e. The minimum absolute atomic E-state index is 0.0657. The highest BCUT2D eigenvalue weighted by molar-refractivity contribution is 7.89. The summed E-state index contributed by atoms with van der Waals surface area (Å²) in [4.78, 5) is 13.1. The molecule has 2 heterocycles. The molecule has 0 aliphatic carbocycles. The zero-order chi connectivity index (χ0) is 23.0. The summed E-state index contributed by atoms with van der Waals surface area (Å²) in [6, 6.07) is 7.91. The highest BCUT2D eigenvalue weighted by Crippen LogP contribution is 2.28. The summed E-state index contributed by atoms with van der Waals surface area (Å²) >= 11 is 6.34. The van der Waals surface area contributed by atoms with Crippen LogP contribution in [-0.2, 0) is 23.0 Å². The molecule has 0 radical (unpaired) electrons. The van der Waals surface area contributed by atoms with Crippen molar-refractivity contribution in [1.82, 2.24) is 9.21 Å². The maximum Gasteiger partial charge on any atom is 0.336 e. The molecule has 0 bridgehead atoms. The molecule has 1 fully saturated rings. The predicted octanol–water partition coefficient (Wildman–Crippen LogP) is 3.79. The first-order chi connectivity index (χ1) is 15.2. The van der Waals surface area contributed by atoms with Gasteiger partial charge in [0, 0.05) is 49.2 Å². The third-order valence-electron chi connectivity index (χ3n) is 5.62. The van der Waals surface area contributed by atoms with Gasteiger partial charge in [-0.2, -0.15) is 4.31 Å². The van der Waals surface area contributed by atoms with Crippen molar-refractivity contribution < 1.29 is 21.6 Å². The van der Waals surface area contributed by atoms with Crippen LogP contribution >= 0.6 is 11.6 Å². The van der Waals surface area contributed by atoms with Gasteiger partial charge in [0.1, 0.15) is 17.2 Å². The topological polar surface area (TPSA) is 70.8 Å². The van der Waals surface area contributed by atoms with E-state index in [1.165, 1.54) is 6.07 Å². The van der Waals surface area contributed by atoms with E-state index in [9.17, 15) is 22.0 Å².